The Morgan fingerprint density at radius 1 is 0.847 bits per heavy atom. The Morgan fingerprint density at radius 3 is 2.29 bits per heavy atom. The topological polar surface area (TPSA) is 203 Å². The second-order valence-corrected chi connectivity index (χ2v) is 15.9. The number of amides is 4. The van der Waals surface area contributed by atoms with E-state index in [0.717, 1.165) is 81.0 Å². The van der Waals surface area contributed by atoms with Gasteiger partial charge in [-0.2, -0.15) is 0 Å². The summed E-state index contributed by atoms with van der Waals surface area (Å²) in [5.74, 6) is -3.48. The summed E-state index contributed by atoms with van der Waals surface area (Å²) in [6, 6.07) is 12.3. The van der Waals surface area contributed by atoms with Gasteiger partial charge in [0.15, 0.2) is 6.04 Å². The average molecular weight is 816 g/mol. The molecule has 4 atom stereocenters. The van der Waals surface area contributed by atoms with Crippen molar-refractivity contribution in [3.63, 3.8) is 0 Å². The molecule has 1 saturated heterocycles. The van der Waals surface area contributed by atoms with E-state index in [1.807, 2.05) is 36.1 Å². The number of Topliss-reactive ketones (excluding diaryl/α,β-unsaturated/α-hetero) is 1. The van der Waals surface area contributed by atoms with E-state index in [2.05, 4.69) is 21.3 Å². The zero-order valence-corrected chi connectivity index (χ0v) is 34.2. The molecule has 0 spiro atoms. The van der Waals surface area contributed by atoms with Gasteiger partial charge in [-0.1, -0.05) is 75.1 Å². The largest absolute Gasteiger partial charge is 0.494 e. The highest BCUT2D eigenvalue weighted by molar-refractivity contribution is 6.38. The number of carbonyl (C=O) groups excluding carboxylic acids is 5. The molecule has 5 rings (SSSR count). The van der Waals surface area contributed by atoms with Crippen LogP contribution in [0, 0.1) is 5.92 Å². The molecule has 3 aliphatic rings. The van der Waals surface area contributed by atoms with Crippen LogP contribution < -0.4 is 26.0 Å². The molecule has 2 saturated carbocycles. The van der Waals surface area contributed by atoms with Crippen molar-refractivity contribution in [1.82, 2.24) is 26.2 Å². The van der Waals surface area contributed by atoms with Crippen LogP contribution in [0.15, 0.2) is 65.9 Å². The molecule has 2 aliphatic carbocycles. The van der Waals surface area contributed by atoms with Gasteiger partial charge in [-0.15, -0.1) is 0 Å². The number of rotatable bonds is 22. The van der Waals surface area contributed by atoms with Crippen molar-refractivity contribution in [2.45, 2.75) is 127 Å². The molecular formula is C45H61N5O9. The van der Waals surface area contributed by atoms with Crippen LogP contribution in [0.2, 0.25) is 0 Å². The summed E-state index contributed by atoms with van der Waals surface area (Å²) in [7, 11) is 0. The van der Waals surface area contributed by atoms with E-state index < -0.39 is 48.2 Å². The third-order valence-corrected chi connectivity index (χ3v) is 11.5. The van der Waals surface area contributed by atoms with Crippen LogP contribution in [0.3, 0.4) is 0 Å². The SMILES string of the molecule is CCCC(NC(=C1CCC1)C1CCCN1C(=O)C(NC(=O)Cc1cccc(OCCCCO)c1)C1CCCCC1)C(=O)C(=O)NCC(=O)NC(C(=O)O)c1ccccc1. The monoisotopic (exact) mass is 815 g/mol. The zero-order chi connectivity index (χ0) is 42.1. The van der Waals surface area contributed by atoms with Crippen molar-refractivity contribution in [2.24, 2.45) is 5.92 Å². The molecule has 2 aromatic carbocycles. The fraction of sp³-hybridized carbons (Fsp3) is 0.556. The fourth-order valence-electron chi connectivity index (χ4n) is 8.27. The molecule has 14 heteroatoms. The number of nitrogens with zero attached hydrogens (tertiary/aromatic N) is 1. The second kappa shape index (κ2) is 22.8. The highest BCUT2D eigenvalue weighted by Crippen LogP contribution is 2.36. The molecule has 320 valence electrons. The van der Waals surface area contributed by atoms with Crippen molar-refractivity contribution < 1.29 is 43.7 Å². The molecule has 0 bridgehead atoms. The Balaban J connectivity index is 1.26. The van der Waals surface area contributed by atoms with Gasteiger partial charge in [-0.3, -0.25) is 24.0 Å². The third-order valence-electron chi connectivity index (χ3n) is 11.5. The number of aliphatic hydroxyl groups excluding tert-OH is 1. The van der Waals surface area contributed by atoms with Crippen molar-refractivity contribution in [3.8, 4) is 5.75 Å². The predicted molar refractivity (Wildman–Crippen MR) is 221 cm³/mol. The van der Waals surface area contributed by atoms with Gasteiger partial charge in [0.05, 0.1) is 31.7 Å². The Hall–Kier alpha value is -5.24. The Labute approximate surface area is 346 Å². The summed E-state index contributed by atoms with van der Waals surface area (Å²) in [5, 5.41) is 30.1. The molecule has 4 amide bonds. The molecule has 3 fully saturated rings. The summed E-state index contributed by atoms with van der Waals surface area (Å²) < 4.78 is 5.81. The smallest absolute Gasteiger partial charge is 0.330 e. The molecule has 1 aliphatic heterocycles. The summed E-state index contributed by atoms with van der Waals surface area (Å²) in [5.41, 5.74) is 3.03. The highest BCUT2D eigenvalue weighted by Gasteiger charge is 2.41. The second-order valence-electron chi connectivity index (χ2n) is 15.9. The first-order valence-corrected chi connectivity index (χ1v) is 21.4. The predicted octanol–water partition coefficient (Wildman–Crippen LogP) is 4.26. The van der Waals surface area contributed by atoms with Crippen LogP contribution in [0.4, 0.5) is 0 Å². The van der Waals surface area contributed by atoms with Gasteiger partial charge >= 0.3 is 5.97 Å². The summed E-state index contributed by atoms with van der Waals surface area (Å²) in [6.07, 6.45) is 11.1. The fourth-order valence-corrected chi connectivity index (χ4v) is 8.27. The van der Waals surface area contributed by atoms with Crippen LogP contribution in [-0.4, -0.2) is 94.9 Å². The van der Waals surface area contributed by atoms with E-state index in [9.17, 15) is 33.9 Å². The number of aliphatic hydroxyl groups is 1. The van der Waals surface area contributed by atoms with E-state index in [4.69, 9.17) is 9.84 Å². The molecule has 2 aromatic rings. The first-order chi connectivity index (χ1) is 28.6. The quantitative estimate of drug-likeness (QED) is 0.0737. The average Bonchev–Trinajstić information content (AvgIpc) is 3.71. The summed E-state index contributed by atoms with van der Waals surface area (Å²) in [4.78, 5) is 81.8. The van der Waals surface area contributed by atoms with Crippen LogP contribution in [0.1, 0.15) is 114 Å². The molecule has 6 N–H and O–H groups in total. The van der Waals surface area contributed by atoms with E-state index in [0.29, 0.717) is 50.1 Å². The maximum absolute atomic E-state index is 14.7. The number of ether oxygens (including phenoxy) is 1. The number of allylic oxidation sites excluding steroid dienone is 1. The minimum atomic E-state index is -1.32. The first-order valence-electron chi connectivity index (χ1n) is 21.4. The number of likely N-dealkylation sites (tertiary alicyclic amines) is 1. The van der Waals surface area contributed by atoms with E-state index >= 15 is 0 Å². The lowest BCUT2D eigenvalue weighted by molar-refractivity contribution is -0.142. The first kappa shape index (κ1) is 44.9. The van der Waals surface area contributed by atoms with Crippen LogP contribution >= 0.6 is 0 Å². The number of nitrogens with one attached hydrogen (secondary N) is 4. The van der Waals surface area contributed by atoms with Gasteiger partial charge in [0.1, 0.15) is 11.8 Å². The number of carboxylic acids is 1. The van der Waals surface area contributed by atoms with E-state index in [-0.39, 0.29) is 36.8 Å². The molecule has 14 nitrogen and oxygen atoms in total. The Kier molecular flexibility index (Phi) is 17.3. The molecule has 0 radical (unpaired) electrons. The number of aliphatic carboxylic acids is 1. The number of hydrogen-bond acceptors (Lipinski definition) is 9. The van der Waals surface area contributed by atoms with Crippen LogP contribution in [-0.2, 0) is 35.2 Å². The lowest BCUT2D eigenvalue weighted by Crippen LogP contribution is -2.56. The number of benzene rings is 2. The van der Waals surface area contributed by atoms with Crippen LogP contribution in [0.25, 0.3) is 0 Å². The number of carboxylic acid groups (broad SMARTS) is 1. The number of carbonyl (C=O) groups is 6. The van der Waals surface area contributed by atoms with Crippen molar-refractivity contribution in [2.75, 3.05) is 26.3 Å². The van der Waals surface area contributed by atoms with Gasteiger partial charge < -0.3 is 41.1 Å². The summed E-state index contributed by atoms with van der Waals surface area (Å²) in [6.45, 7) is 2.39. The van der Waals surface area contributed by atoms with Gasteiger partial charge in [-0.05, 0) is 99.0 Å². The van der Waals surface area contributed by atoms with Crippen molar-refractivity contribution in [3.05, 3.63) is 77.0 Å². The molecule has 59 heavy (non-hydrogen) atoms. The lowest BCUT2D eigenvalue weighted by atomic mass is 9.82. The van der Waals surface area contributed by atoms with Gasteiger partial charge in [-0.25, -0.2) is 4.79 Å². The van der Waals surface area contributed by atoms with Gasteiger partial charge in [0.25, 0.3) is 5.91 Å². The Bertz CT molecular complexity index is 1790. The lowest BCUT2D eigenvalue weighted by Gasteiger charge is -2.38. The van der Waals surface area contributed by atoms with Gasteiger partial charge in [0.2, 0.25) is 23.5 Å². The Morgan fingerprint density at radius 2 is 1.61 bits per heavy atom. The maximum Gasteiger partial charge on any atom is 0.330 e. The number of unbranched alkanes of at least 4 members (excludes halogenated alkanes) is 1. The standard InChI is InChI=1S/C45H61N5O9/c1-2-14-35(42(54)43(55)46-29-38(53)49-41(45(57)58)33-18-7-4-8-19-33)47-39(31-20-12-21-31)36-23-13-24-50(36)44(56)40(32-16-5-3-6-17-32)48-37(52)28-30-15-11-22-34(27-30)59-26-10-9-25-51/h4,7-8,11,15,18-19,22,27,32,35-36,40-41,47,51H,2-3,5-6,9-10,12-14,16-17,20-21,23-26,28-29H2,1H3,(H,46,55)(H,48,52)(H,49,53)(H,57,58). The van der Waals surface area contributed by atoms with Crippen LogP contribution in [0.5, 0.6) is 5.75 Å². The molecule has 0 aromatic heterocycles. The highest BCUT2D eigenvalue weighted by atomic mass is 16.5. The van der Waals surface area contributed by atoms with Crippen molar-refractivity contribution in [1.29, 1.82) is 0 Å². The molecule has 4 unspecified atom stereocenters. The van der Waals surface area contributed by atoms with Crippen molar-refractivity contribution >= 4 is 35.4 Å². The minimum absolute atomic E-state index is 0.0100. The van der Waals surface area contributed by atoms with E-state index in [1.165, 1.54) is 0 Å². The minimum Gasteiger partial charge on any atom is -0.494 e. The van der Waals surface area contributed by atoms with Gasteiger partial charge in [0, 0.05) is 18.8 Å². The summed E-state index contributed by atoms with van der Waals surface area (Å²) >= 11 is 0. The maximum atomic E-state index is 14.7. The third kappa shape index (κ3) is 12.9. The number of hydrogen-bond donors (Lipinski definition) is 6. The van der Waals surface area contributed by atoms with E-state index in [1.54, 1.807) is 30.3 Å². The molecular weight excluding hydrogens is 755 g/mol. The normalized spacial score (nSPS) is 18.1. The zero-order valence-electron chi connectivity index (χ0n) is 34.2. The molecule has 1 heterocycles. The number of ketones is 1.